The van der Waals surface area contributed by atoms with Crippen molar-refractivity contribution in [1.82, 2.24) is 15.2 Å². The van der Waals surface area contributed by atoms with E-state index in [2.05, 4.69) is 15.6 Å². The number of thiazole rings is 1. The molecule has 1 aromatic heterocycles. The lowest BCUT2D eigenvalue weighted by atomic mass is 10.1. The summed E-state index contributed by atoms with van der Waals surface area (Å²) < 4.78 is 27.7. The van der Waals surface area contributed by atoms with Gasteiger partial charge in [0.25, 0.3) is 0 Å². The first-order valence-electron chi connectivity index (χ1n) is 8.39. The fraction of sp³-hybridized carbons (Fsp3) is 0.353. The number of nitrogen functional groups attached to an aromatic ring is 1. The van der Waals surface area contributed by atoms with Gasteiger partial charge in [-0.1, -0.05) is 17.4 Å². The lowest BCUT2D eigenvalue weighted by molar-refractivity contribution is 0.103. The number of likely N-dealkylation sites (tertiary alicyclic amines) is 1. The van der Waals surface area contributed by atoms with E-state index in [9.17, 15) is 18.4 Å². The number of piperidine rings is 1. The van der Waals surface area contributed by atoms with Gasteiger partial charge in [-0.3, -0.25) is 4.79 Å². The maximum atomic E-state index is 13.9. The van der Waals surface area contributed by atoms with Crippen molar-refractivity contribution in [2.75, 3.05) is 31.2 Å². The average molecular weight is 395 g/mol. The van der Waals surface area contributed by atoms with Gasteiger partial charge in [0.1, 0.15) is 22.3 Å². The Balaban J connectivity index is 1.70. The van der Waals surface area contributed by atoms with Crippen LogP contribution in [-0.2, 0) is 0 Å². The smallest absolute Gasteiger partial charge is 0.317 e. The maximum Gasteiger partial charge on any atom is 0.317 e. The Kier molecular flexibility index (Phi) is 5.54. The number of hydrogen-bond donors (Lipinski definition) is 3. The third-order valence-electron chi connectivity index (χ3n) is 4.37. The molecule has 0 saturated carbocycles. The Morgan fingerprint density at radius 3 is 2.48 bits per heavy atom. The largest absolute Gasteiger partial charge is 0.382 e. The molecule has 1 aliphatic heterocycles. The fourth-order valence-electron chi connectivity index (χ4n) is 2.94. The number of nitrogens with one attached hydrogen (secondary N) is 2. The first-order chi connectivity index (χ1) is 12.9. The maximum absolute atomic E-state index is 13.9. The molecule has 7 nitrogen and oxygen atoms in total. The molecule has 1 fully saturated rings. The molecule has 2 aromatic rings. The second-order valence-electron chi connectivity index (χ2n) is 6.12. The summed E-state index contributed by atoms with van der Waals surface area (Å²) in [5.74, 6) is -2.78. The molecule has 0 spiro atoms. The van der Waals surface area contributed by atoms with E-state index < -0.39 is 23.0 Å². The molecule has 1 aromatic carbocycles. The number of aromatic nitrogens is 1. The molecule has 0 bridgehead atoms. The monoisotopic (exact) mass is 395 g/mol. The number of urea groups is 1. The molecule has 3 rings (SSSR count). The lowest BCUT2D eigenvalue weighted by Gasteiger charge is -2.31. The van der Waals surface area contributed by atoms with E-state index in [1.54, 1.807) is 11.9 Å². The van der Waals surface area contributed by atoms with Crippen molar-refractivity contribution in [2.45, 2.75) is 18.9 Å². The van der Waals surface area contributed by atoms with E-state index in [1.165, 1.54) is 6.07 Å². The molecule has 1 saturated heterocycles. The van der Waals surface area contributed by atoms with Crippen LogP contribution < -0.4 is 16.4 Å². The Hall–Kier alpha value is -2.75. The highest BCUT2D eigenvalue weighted by Crippen LogP contribution is 2.30. The molecule has 1 aliphatic rings. The summed E-state index contributed by atoms with van der Waals surface area (Å²) in [5, 5.41) is 6.18. The van der Waals surface area contributed by atoms with Gasteiger partial charge in [-0.15, -0.1) is 0 Å². The summed E-state index contributed by atoms with van der Waals surface area (Å²) in [6.45, 7) is 1.18. The summed E-state index contributed by atoms with van der Waals surface area (Å²) >= 11 is 0.962. The molecule has 2 heterocycles. The third-order valence-corrected chi connectivity index (χ3v) is 5.37. The predicted molar refractivity (Wildman–Crippen MR) is 99.0 cm³/mol. The minimum atomic E-state index is -0.941. The highest BCUT2D eigenvalue weighted by atomic mass is 32.1. The summed E-state index contributed by atoms with van der Waals surface area (Å²) in [7, 11) is 1.59. The number of ketones is 1. The molecule has 0 aliphatic carbocycles. The Morgan fingerprint density at radius 2 is 1.89 bits per heavy atom. The number of carbonyl (C=O) groups excluding carboxylic acids is 2. The molecule has 0 atom stereocenters. The normalized spacial score (nSPS) is 14.9. The van der Waals surface area contributed by atoms with Crippen molar-refractivity contribution in [3.05, 3.63) is 40.3 Å². The quantitative estimate of drug-likeness (QED) is 0.691. The SMILES string of the molecule is CNC(=O)N1CCC(Nc2nc(N)c(C(=O)c3c(F)cccc3F)s2)CC1. The molecule has 144 valence electrons. The van der Waals surface area contributed by atoms with Gasteiger partial charge < -0.3 is 21.3 Å². The standard InChI is InChI=1S/C17H19F2N5O2S/c1-21-17(26)24-7-5-9(6-8-24)22-16-23-15(20)14(27-16)13(25)12-10(18)3-2-4-11(12)19/h2-4,9H,5-8,20H2,1H3,(H,21,26)(H,22,23). The number of benzene rings is 1. The lowest BCUT2D eigenvalue weighted by Crippen LogP contribution is -2.45. The molecular formula is C17H19F2N5O2S. The number of nitrogens with zero attached hydrogens (tertiary/aromatic N) is 2. The zero-order valence-corrected chi connectivity index (χ0v) is 15.4. The molecule has 0 radical (unpaired) electrons. The van der Waals surface area contributed by atoms with Gasteiger partial charge in [-0.05, 0) is 25.0 Å². The second kappa shape index (κ2) is 7.87. The van der Waals surface area contributed by atoms with E-state index in [1.807, 2.05) is 0 Å². The van der Waals surface area contributed by atoms with Gasteiger partial charge in [-0.2, -0.15) is 0 Å². The summed E-state index contributed by atoms with van der Waals surface area (Å²) in [6.07, 6.45) is 1.41. The second-order valence-corrected chi connectivity index (χ2v) is 7.12. The van der Waals surface area contributed by atoms with Crippen LogP contribution in [0.15, 0.2) is 18.2 Å². The van der Waals surface area contributed by atoms with Gasteiger partial charge in [0.2, 0.25) is 5.78 Å². The van der Waals surface area contributed by atoms with Crippen molar-refractivity contribution < 1.29 is 18.4 Å². The zero-order chi connectivity index (χ0) is 19.6. The molecule has 2 amide bonds. The first kappa shape index (κ1) is 19.0. The topological polar surface area (TPSA) is 100 Å². The molecule has 27 heavy (non-hydrogen) atoms. The van der Waals surface area contributed by atoms with Crippen LogP contribution in [-0.4, -0.2) is 47.9 Å². The third kappa shape index (κ3) is 4.00. The number of amides is 2. The van der Waals surface area contributed by atoms with Gasteiger partial charge in [0.15, 0.2) is 5.13 Å². The molecule has 0 unspecified atom stereocenters. The summed E-state index contributed by atoms with van der Waals surface area (Å²) in [6, 6.07) is 3.17. The predicted octanol–water partition coefficient (Wildman–Crippen LogP) is 2.45. The zero-order valence-electron chi connectivity index (χ0n) is 14.6. The number of halogens is 2. The Labute approximate surface area is 158 Å². The van der Waals surface area contributed by atoms with Crippen molar-refractivity contribution in [3.63, 3.8) is 0 Å². The van der Waals surface area contributed by atoms with Gasteiger partial charge in [-0.25, -0.2) is 18.6 Å². The minimum absolute atomic E-state index is 0.00991. The van der Waals surface area contributed by atoms with Crippen LogP contribution in [0.4, 0.5) is 24.5 Å². The fourth-order valence-corrected chi connectivity index (χ4v) is 3.85. The summed E-state index contributed by atoms with van der Waals surface area (Å²) in [5.41, 5.74) is 5.16. The highest BCUT2D eigenvalue weighted by Gasteiger charge is 2.26. The highest BCUT2D eigenvalue weighted by molar-refractivity contribution is 7.18. The minimum Gasteiger partial charge on any atom is -0.382 e. The van der Waals surface area contributed by atoms with Crippen LogP contribution in [0.2, 0.25) is 0 Å². The number of carbonyl (C=O) groups is 2. The molecular weight excluding hydrogens is 376 g/mol. The number of nitrogens with two attached hydrogens (primary N) is 1. The first-order valence-corrected chi connectivity index (χ1v) is 9.20. The molecule has 10 heteroatoms. The van der Waals surface area contributed by atoms with Crippen LogP contribution in [0.5, 0.6) is 0 Å². The van der Waals surface area contributed by atoms with Crippen LogP contribution >= 0.6 is 11.3 Å². The van der Waals surface area contributed by atoms with Crippen molar-refractivity contribution in [3.8, 4) is 0 Å². The van der Waals surface area contributed by atoms with Gasteiger partial charge >= 0.3 is 6.03 Å². The van der Waals surface area contributed by atoms with Crippen LogP contribution in [0.3, 0.4) is 0 Å². The van der Waals surface area contributed by atoms with Crippen molar-refractivity contribution in [2.24, 2.45) is 0 Å². The van der Waals surface area contributed by atoms with Crippen LogP contribution in [0.25, 0.3) is 0 Å². The number of rotatable bonds is 4. The van der Waals surface area contributed by atoms with Gasteiger partial charge in [0.05, 0.1) is 5.56 Å². The number of hydrogen-bond acceptors (Lipinski definition) is 6. The average Bonchev–Trinajstić information content (AvgIpc) is 3.01. The van der Waals surface area contributed by atoms with E-state index in [0.717, 1.165) is 23.5 Å². The van der Waals surface area contributed by atoms with Crippen molar-refractivity contribution in [1.29, 1.82) is 0 Å². The van der Waals surface area contributed by atoms with E-state index in [0.29, 0.717) is 31.1 Å². The van der Waals surface area contributed by atoms with E-state index >= 15 is 0 Å². The van der Waals surface area contributed by atoms with E-state index in [4.69, 9.17) is 5.73 Å². The Morgan fingerprint density at radius 1 is 1.26 bits per heavy atom. The number of anilines is 2. The van der Waals surface area contributed by atoms with Gasteiger partial charge in [0, 0.05) is 26.2 Å². The van der Waals surface area contributed by atoms with Crippen molar-refractivity contribution >= 4 is 34.1 Å². The van der Waals surface area contributed by atoms with E-state index in [-0.39, 0.29) is 22.8 Å². The van der Waals surface area contributed by atoms with Crippen LogP contribution in [0.1, 0.15) is 28.1 Å². The molecule has 4 N–H and O–H groups in total. The Bertz CT molecular complexity index is 845. The summed E-state index contributed by atoms with van der Waals surface area (Å²) in [4.78, 5) is 29.9. The van der Waals surface area contributed by atoms with Crippen LogP contribution in [0, 0.1) is 11.6 Å².